The van der Waals surface area contributed by atoms with Gasteiger partial charge in [0.1, 0.15) is 6.04 Å². The molecule has 0 saturated carbocycles. The van der Waals surface area contributed by atoms with Crippen LogP contribution in [0.15, 0.2) is 0 Å². The lowest BCUT2D eigenvalue weighted by Crippen LogP contribution is -2.45. The van der Waals surface area contributed by atoms with E-state index in [1.807, 2.05) is 13.8 Å². The molecule has 1 unspecified atom stereocenters. The van der Waals surface area contributed by atoms with Gasteiger partial charge in [-0.05, 0) is 5.92 Å². The molecule has 19 heavy (non-hydrogen) atoms. The van der Waals surface area contributed by atoms with Gasteiger partial charge in [0.25, 0.3) is 0 Å². The summed E-state index contributed by atoms with van der Waals surface area (Å²) in [7, 11) is -3.59. The van der Waals surface area contributed by atoms with Crippen LogP contribution in [0, 0.1) is 5.92 Å². The smallest absolute Gasteiger partial charge is 0.327 e. The number of amides is 1. The molecule has 1 amide bonds. The van der Waals surface area contributed by atoms with E-state index in [4.69, 9.17) is 9.84 Å². The second-order valence-corrected chi connectivity index (χ2v) is 6.90. The molecule has 0 heterocycles. The van der Waals surface area contributed by atoms with Crippen LogP contribution in [-0.4, -0.2) is 56.2 Å². The van der Waals surface area contributed by atoms with Crippen LogP contribution in [0.1, 0.15) is 20.8 Å². The van der Waals surface area contributed by atoms with Crippen molar-refractivity contribution in [2.75, 3.05) is 24.7 Å². The zero-order valence-electron chi connectivity index (χ0n) is 11.4. The molecule has 2 N–H and O–H groups in total. The Balaban J connectivity index is 4.31. The highest BCUT2D eigenvalue weighted by Gasteiger charge is 2.25. The molecule has 8 heteroatoms. The van der Waals surface area contributed by atoms with Crippen molar-refractivity contribution in [3.63, 3.8) is 0 Å². The van der Waals surface area contributed by atoms with Gasteiger partial charge in [0.05, 0.1) is 18.1 Å². The fraction of sp³-hybridized carbons (Fsp3) is 0.818. The molecule has 0 saturated heterocycles. The van der Waals surface area contributed by atoms with Crippen LogP contribution in [-0.2, 0) is 24.2 Å². The van der Waals surface area contributed by atoms with Crippen LogP contribution in [0.3, 0.4) is 0 Å². The van der Waals surface area contributed by atoms with Crippen LogP contribution >= 0.6 is 0 Å². The Kier molecular flexibility index (Phi) is 7.62. The molecule has 112 valence electrons. The van der Waals surface area contributed by atoms with E-state index >= 15 is 0 Å². The molecule has 0 spiro atoms. The maximum atomic E-state index is 11.7. The number of hydrogen-bond acceptors (Lipinski definition) is 5. The molecule has 0 aromatic carbocycles. The minimum atomic E-state index is -3.59. The number of hydrogen-bond donors (Lipinski definition) is 2. The summed E-state index contributed by atoms with van der Waals surface area (Å²) in [5.41, 5.74) is 0. The summed E-state index contributed by atoms with van der Waals surface area (Å²) in [5.74, 6) is -2.55. The number of rotatable bonds is 9. The largest absolute Gasteiger partial charge is 0.480 e. The van der Waals surface area contributed by atoms with Crippen LogP contribution in [0.25, 0.3) is 0 Å². The number of aliphatic carboxylic acids is 1. The lowest BCUT2D eigenvalue weighted by Gasteiger charge is -2.13. The van der Waals surface area contributed by atoms with Gasteiger partial charge in [0.2, 0.25) is 5.91 Å². The Morgan fingerprint density at radius 2 is 1.89 bits per heavy atom. The first-order valence-electron chi connectivity index (χ1n) is 5.92. The molecule has 0 bridgehead atoms. The monoisotopic (exact) mass is 295 g/mol. The Morgan fingerprint density at radius 3 is 2.32 bits per heavy atom. The maximum Gasteiger partial charge on any atom is 0.327 e. The van der Waals surface area contributed by atoms with Crippen molar-refractivity contribution >= 4 is 21.7 Å². The number of carbonyl (C=O) groups excluding carboxylic acids is 1. The number of carboxylic acid groups (broad SMARTS) is 1. The van der Waals surface area contributed by atoms with E-state index in [0.717, 1.165) is 6.92 Å². The molecule has 0 fully saturated rings. The Labute approximate surface area is 113 Å². The van der Waals surface area contributed by atoms with E-state index in [-0.39, 0.29) is 12.4 Å². The molecule has 0 aliphatic heterocycles. The molecule has 0 aromatic rings. The third-order valence-electron chi connectivity index (χ3n) is 2.09. The summed E-state index contributed by atoms with van der Waals surface area (Å²) in [4.78, 5) is 21.6. The number of ether oxygens (including phenoxy) is 1. The van der Waals surface area contributed by atoms with Crippen molar-refractivity contribution in [1.82, 2.24) is 5.32 Å². The van der Waals surface area contributed by atoms with Crippen molar-refractivity contribution in [2.45, 2.75) is 26.8 Å². The first-order chi connectivity index (χ1) is 8.64. The third-order valence-corrected chi connectivity index (χ3v) is 3.72. The minimum Gasteiger partial charge on any atom is -0.480 e. The normalized spacial score (nSPS) is 13.3. The molecule has 0 aliphatic rings. The van der Waals surface area contributed by atoms with E-state index in [1.165, 1.54) is 0 Å². The quantitative estimate of drug-likeness (QED) is 0.563. The average molecular weight is 295 g/mol. The first-order valence-corrected chi connectivity index (χ1v) is 7.74. The van der Waals surface area contributed by atoms with Crippen molar-refractivity contribution in [3.8, 4) is 0 Å². The molecular formula is C11H21NO6S. The second kappa shape index (κ2) is 8.11. The van der Waals surface area contributed by atoms with E-state index < -0.39 is 33.5 Å². The number of nitrogens with one attached hydrogen (secondary N) is 1. The number of carbonyl (C=O) groups is 2. The van der Waals surface area contributed by atoms with E-state index in [9.17, 15) is 18.0 Å². The summed E-state index contributed by atoms with van der Waals surface area (Å²) in [6.07, 6.45) is 0. The Morgan fingerprint density at radius 1 is 1.32 bits per heavy atom. The van der Waals surface area contributed by atoms with Gasteiger partial charge < -0.3 is 15.2 Å². The minimum absolute atomic E-state index is 0.0208. The van der Waals surface area contributed by atoms with Crippen molar-refractivity contribution < 1.29 is 27.9 Å². The molecule has 0 rings (SSSR count). The Hall–Kier alpha value is -1.15. The zero-order valence-corrected chi connectivity index (χ0v) is 12.2. The summed E-state index contributed by atoms with van der Waals surface area (Å²) in [6.45, 7) is 5.47. The first kappa shape index (κ1) is 17.8. The molecule has 0 aromatic heterocycles. The highest BCUT2D eigenvalue weighted by atomic mass is 32.2. The van der Waals surface area contributed by atoms with Crippen molar-refractivity contribution in [1.29, 1.82) is 0 Å². The third kappa shape index (κ3) is 9.43. The fourth-order valence-corrected chi connectivity index (χ4v) is 2.53. The predicted octanol–water partition coefficient (Wildman–Crippen LogP) is -0.337. The van der Waals surface area contributed by atoms with Gasteiger partial charge >= 0.3 is 5.97 Å². The fourth-order valence-electron chi connectivity index (χ4n) is 1.26. The maximum absolute atomic E-state index is 11.7. The summed E-state index contributed by atoms with van der Waals surface area (Å²) < 4.78 is 28.5. The number of carboxylic acids is 1. The molecule has 7 nitrogen and oxygen atoms in total. The molecule has 1 atom stereocenters. The highest BCUT2D eigenvalue weighted by molar-refractivity contribution is 7.91. The SMILES string of the molecule is CC(=O)NC(CS(=O)(=O)CCOCC(C)C)C(=O)O. The molecule has 0 radical (unpaired) electrons. The van der Waals surface area contributed by atoms with Gasteiger partial charge in [-0.2, -0.15) is 0 Å². The van der Waals surface area contributed by atoms with Gasteiger partial charge in [0.15, 0.2) is 9.84 Å². The Bertz CT molecular complexity index is 403. The topological polar surface area (TPSA) is 110 Å². The van der Waals surface area contributed by atoms with E-state index in [0.29, 0.717) is 12.5 Å². The average Bonchev–Trinajstić information content (AvgIpc) is 2.22. The van der Waals surface area contributed by atoms with E-state index in [2.05, 4.69) is 5.32 Å². The predicted molar refractivity (Wildman–Crippen MR) is 69.6 cm³/mol. The van der Waals surface area contributed by atoms with Crippen LogP contribution < -0.4 is 5.32 Å². The van der Waals surface area contributed by atoms with Crippen LogP contribution in [0.5, 0.6) is 0 Å². The van der Waals surface area contributed by atoms with Crippen LogP contribution in [0.2, 0.25) is 0 Å². The number of sulfone groups is 1. The van der Waals surface area contributed by atoms with Crippen LogP contribution in [0.4, 0.5) is 0 Å². The molecular weight excluding hydrogens is 274 g/mol. The van der Waals surface area contributed by atoms with Gasteiger partial charge in [0, 0.05) is 13.5 Å². The standard InChI is InChI=1S/C11H21NO6S/c1-8(2)6-18-4-5-19(16,17)7-10(11(14)15)12-9(3)13/h8,10H,4-7H2,1-3H3,(H,12,13)(H,14,15). The summed E-state index contributed by atoms with van der Waals surface area (Å²) >= 11 is 0. The van der Waals surface area contributed by atoms with Gasteiger partial charge in [-0.3, -0.25) is 4.79 Å². The molecule has 0 aliphatic carbocycles. The van der Waals surface area contributed by atoms with Crippen molar-refractivity contribution in [3.05, 3.63) is 0 Å². The lowest BCUT2D eigenvalue weighted by molar-refractivity contribution is -0.140. The highest BCUT2D eigenvalue weighted by Crippen LogP contribution is 1.99. The van der Waals surface area contributed by atoms with E-state index in [1.54, 1.807) is 0 Å². The van der Waals surface area contributed by atoms with Crippen molar-refractivity contribution in [2.24, 2.45) is 5.92 Å². The van der Waals surface area contributed by atoms with Gasteiger partial charge in [-0.25, -0.2) is 13.2 Å². The second-order valence-electron chi connectivity index (χ2n) is 4.67. The zero-order chi connectivity index (χ0) is 15.1. The summed E-state index contributed by atoms with van der Waals surface area (Å²) in [5, 5.41) is 10.9. The van der Waals surface area contributed by atoms with Gasteiger partial charge in [-0.1, -0.05) is 13.8 Å². The lowest BCUT2D eigenvalue weighted by atomic mass is 10.2. The summed E-state index contributed by atoms with van der Waals surface area (Å²) in [6, 6.07) is -1.42. The van der Waals surface area contributed by atoms with Gasteiger partial charge in [-0.15, -0.1) is 0 Å².